The SMILES string of the molecule is CCC(C(=O)NC(C)C)N(Cc1ccc(Cl)cc1Cl)C(=O)CN(c1ccccc1C)S(=O)(=O)c1ccc(C)cc1. The number of hydrogen-bond acceptors (Lipinski definition) is 4. The van der Waals surface area contributed by atoms with Crippen molar-refractivity contribution in [3.8, 4) is 0 Å². The molecule has 3 aromatic rings. The van der Waals surface area contributed by atoms with E-state index in [-0.39, 0.29) is 23.4 Å². The molecule has 0 aliphatic carbocycles. The fourth-order valence-electron chi connectivity index (χ4n) is 4.33. The summed E-state index contributed by atoms with van der Waals surface area (Å²) < 4.78 is 29.0. The van der Waals surface area contributed by atoms with Gasteiger partial charge in [0.1, 0.15) is 12.6 Å². The molecule has 0 heterocycles. The van der Waals surface area contributed by atoms with Crippen LogP contribution in [-0.2, 0) is 26.2 Å². The van der Waals surface area contributed by atoms with Crippen LogP contribution < -0.4 is 9.62 Å². The maximum Gasteiger partial charge on any atom is 0.264 e. The number of halogens is 2. The van der Waals surface area contributed by atoms with Crippen LogP contribution in [0.15, 0.2) is 71.6 Å². The third kappa shape index (κ3) is 7.56. The first kappa shape index (κ1) is 31.5. The van der Waals surface area contributed by atoms with E-state index in [4.69, 9.17) is 23.2 Å². The molecule has 1 atom stereocenters. The van der Waals surface area contributed by atoms with E-state index in [2.05, 4.69) is 5.32 Å². The van der Waals surface area contributed by atoms with Gasteiger partial charge in [0, 0.05) is 22.6 Å². The van der Waals surface area contributed by atoms with Crippen LogP contribution in [0.2, 0.25) is 10.0 Å². The van der Waals surface area contributed by atoms with Crippen LogP contribution in [0.4, 0.5) is 5.69 Å². The van der Waals surface area contributed by atoms with E-state index in [1.165, 1.54) is 17.0 Å². The Morgan fingerprint density at radius 1 is 0.950 bits per heavy atom. The quantitative estimate of drug-likeness (QED) is 0.285. The predicted molar refractivity (Wildman–Crippen MR) is 161 cm³/mol. The van der Waals surface area contributed by atoms with Gasteiger partial charge in [-0.2, -0.15) is 0 Å². The zero-order valence-electron chi connectivity index (χ0n) is 23.3. The second kappa shape index (κ2) is 13.5. The molecule has 1 N–H and O–H groups in total. The first-order valence-electron chi connectivity index (χ1n) is 13.0. The minimum atomic E-state index is -4.14. The van der Waals surface area contributed by atoms with Crippen LogP contribution in [0.1, 0.15) is 43.9 Å². The van der Waals surface area contributed by atoms with Gasteiger partial charge < -0.3 is 10.2 Å². The highest BCUT2D eigenvalue weighted by atomic mass is 35.5. The van der Waals surface area contributed by atoms with Crippen molar-refractivity contribution in [2.75, 3.05) is 10.8 Å². The van der Waals surface area contributed by atoms with Crippen molar-refractivity contribution in [3.63, 3.8) is 0 Å². The number of nitrogens with one attached hydrogen (secondary N) is 1. The summed E-state index contributed by atoms with van der Waals surface area (Å²) in [6, 6.07) is 17.4. The molecule has 3 aromatic carbocycles. The summed E-state index contributed by atoms with van der Waals surface area (Å²) in [6.07, 6.45) is 0.310. The monoisotopic (exact) mass is 603 g/mol. The van der Waals surface area contributed by atoms with Gasteiger partial charge in [-0.25, -0.2) is 8.42 Å². The number of nitrogens with zero attached hydrogens (tertiary/aromatic N) is 2. The van der Waals surface area contributed by atoms with E-state index < -0.39 is 28.5 Å². The second-order valence-electron chi connectivity index (χ2n) is 9.96. The summed E-state index contributed by atoms with van der Waals surface area (Å²) in [6.45, 7) is 8.60. The molecule has 0 saturated heterocycles. The Morgan fingerprint density at radius 2 is 1.60 bits per heavy atom. The summed E-state index contributed by atoms with van der Waals surface area (Å²) in [7, 11) is -4.14. The lowest BCUT2D eigenvalue weighted by Gasteiger charge is -2.34. The fourth-order valence-corrected chi connectivity index (χ4v) is 6.27. The lowest BCUT2D eigenvalue weighted by Crippen LogP contribution is -2.53. The number of rotatable bonds is 11. The molecular formula is C30H35Cl2N3O4S. The Labute approximate surface area is 247 Å². The van der Waals surface area contributed by atoms with Crippen molar-refractivity contribution in [1.82, 2.24) is 10.2 Å². The van der Waals surface area contributed by atoms with Crippen LogP contribution >= 0.6 is 23.2 Å². The van der Waals surface area contributed by atoms with E-state index in [0.717, 1.165) is 9.87 Å². The molecule has 0 bridgehead atoms. The molecule has 7 nitrogen and oxygen atoms in total. The molecule has 0 fully saturated rings. The minimum Gasteiger partial charge on any atom is -0.352 e. The highest BCUT2D eigenvalue weighted by Gasteiger charge is 2.34. The van der Waals surface area contributed by atoms with Gasteiger partial charge in [0.05, 0.1) is 10.6 Å². The van der Waals surface area contributed by atoms with E-state index in [0.29, 0.717) is 33.3 Å². The summed E-state index contributed by atoms with van der Waals surface area (Å²) in [5.74, 6) is -0.879. The fraction of sp³-hybridized carbons (Fsp3) is 0.333. The Morgan fingerprint density at radius 3 is 2.17 bits per heavy atom. The van der Waals surface area contributed by atoms with Crippen LogP contribution in [-0.4, -0.2) is 43.8 Å². The number of amides is 2. The topological polar surface area (TPSA) is 86.8 Å². The molecule has 0 radical (unpaired) electrons. The molecule has 1 unspecified atom stereocenters. The number of benzene rings is 3. The molecule has 214 valence electrons. The lowest BCUT2D eigenvalue weighted by atomic mass is 10.1. The summed E-state index contributed by atoms with van der Waals surface area (Å²) in [5.41, 5.74) is 2.55. The van der Waals surface area contributed by atoms with Crippen molar-refractivity contribution >= 4 is 50.7 Å². The number of carbonyl (C=O) groups excluding carboxylic acids is 2. The van der Waals surface area contributed by atoms with Crippen molar-refractivity contribution < 1.29 is 18.0 Å². The summed E-state index contributed by atoms with van der Waals surface area (Å²) >= 11 is 12.5. The molecule has 0 aromatic heterocycles. The normalized spacial score (nSPS) is 12.2. The number of carbonyl (C=O) groups is 2. The van der Waals surface area contributed by atoms with Crippen molar-refractivity contribution in [2.24, 2.45) is 0 Å². The van der Waals surface area contributed by atoms with Gasteiger partial charge in [0.25, 0.3) is 10.0 Å². The van der Waals surface area contributed by atoms with Crippen LogP contribution in [0, 0.1) is 13.8 Å². The zero-order chi connectivity index (χ0) is 29.6. The van der Waals surface area contributed by atoms with Gasteiger partial charge >= 0.3 is 0 Å². The number of anilines is 1. The average molecular weight is 605 g/mol. The minimum absolute atomic E-state index is 0.00888. The average Bonchev–Trinajstić information content (AvgIpc) is 2.88. The van der Waals surface area contributed by atoms with Gasteiger partial charge in [-0.3, -0.25) is 13.9 Å². The number of sulfonamides is 1. The van der Waals surface area contributed by atoms with E-state index in [1.807, 2.05) is 20.8 Å². The standard InChI is InChI=1S/C30H35Cl2N3O4S/c1-6-27(30(37)33-20(2)3)34(18-23-13-14-24(31)17-26(23)32)29(36)19-35(28-10-8-7-9-22(28)5)40(38,39)25-15-11-21(4)12-16-25/h7-17,20,27H,6,18-19H2,1-5H3,(H,33,37). The van der Waals surface area contributed by atoms with Crippen molar-refractivity contribution in [2.45, 2.75) is 64.6 Å². The Kier molecular flexibility index (Phi) is 10.6. The predicted octanol–water partition coefficient (Wildman–Crippen LogP) is 6.14. The lowest BCUT2D eigenvalue weighted by molar-refractivity contribution is -0.140. The molecule has 0 aliphatic rings. The highest BCUT2D eigenvalue weighted by Crippen LogP contribution is 2.29. The first-order chi connectivity index (χ1) is 18.8. The third-order valence-electron chi connectivity index (χ3n) is 6.44. The van der Waals surface area contributed by atoms with Gasteiger partial charge in [0.15, 0.2) is 0 Å². The molecule has 3 rings (SSSR count). The number of aryl methyl sites for hydroxylation is 2. The number of para-hydroxylation sites is 1. The largest absolute Gasteiger partial charge is 0.352 e. The third-order valence-corrected chi connectivity index (χ3v) is 8.81. The van der Waals surface area contributed by atoms with Gasteiger partial charge in [-0.05, 0) is 75.6 Å². The Bertz CT molecular complexity index is 1460. The maximum atomic E-state index is 14.1. The molecule has 10 heteroatoms. The van der Waals surface area contributed by atoms with Crippen LogP contribution in [0.3, 0.4) is 0 Å². The number of hydrogen-bond donors (Lipinski definition) is 1. The van der Waals surface area contributed by atoms with Crippen molar-refractivity contribution in [3.05, 3.63) is 93.5 Å². The van der Waals surface area contributed by atoms with Gasteiger partial charge in [-0.1, -0.05) is 72.1 Å². The maximum absolute atomic E-state index is 14.1. The summed E-state index contributed by atoms with van der Waals surface area (Å²) in [5, 5.41) is 3.65. The van der Waals surface area contributed by atoms with Crippen LogP contribution in [0.5, 0.6) is 0 Å². The van der Waals surface area contributed by atoms with Gasteiger partial charge in [-0.15, -0.1) is 0 Å². The highest BCUT2D eigenvalue weighted by molar-refractivity contribution is 7.92. The summed E-state index contributed by atoms with van der Waals surface area (Å²) in [4.78, 5) is 28.8. The smallest absolute Gasteiger partial charge is 0.264 e. The van der Waals surface area contributed by atoms with Gasteiger partial charge in [0.2, 0.25) is 11.8 Å². The van der Waals surface area contributed by atoms with E-state index >= 15 is 0 Å². The van der Waals surface area contributed by atoms with Crippen LogP contribution in [0.25, 0.3) is 0 Å². The molecule has 40 heavy (non-hydrogen) atoms. The van der Waals surface area contributed by atoms with E-state index in [9.17, 15) is 18.0 Å². The van der Waals surface area contributed by atoms with Crippen molar-refractivity contribution in [1.29, 1.82) is 0 Å². The molecule has 0 saturated carbocycles. The second-order valence-corrected chi connectivity index (χ2v) is 12.7. The molecular weight excluding hydrogens is 569 g/mol. The Balaban J connectivity index is 2.10. The Hall–Kier alpha value is -3.07. The molecule has 2 amide bonds. The first-order valence-corrected chi connectivity index (χ1v) is 15.2. The van der Waals surface area contributed by atoms with E-state index in [1.54, 1.807) is 68.4 Å². The molecule has 0 aliphatic heterocycles. The molecule has 0 spiro atoms. The zero-order valence-corrected chi connectivity index (χ0v) is 25.6.